The predicted octanol–water partition coefficient (Wildman–Crippen LogP) is 3.19. The first-order chi connectivity index (χ1) is 8.09. The molecule has 2 aromatic rings. The van der Waals surface area contributed by atoms with E-state index in [2.05, 4.69) is 27.9 Å². The molecule has 0 aliphatic rings. The van der Waals surface area contributed by atoms with Crippen molar-refractivity contribution in [1.82, 2.24) is 4.57 Å². The molecule has 0 aliphatic carbocycles. The molecule has 1 amide bonds. The number of aryl methyl sites for hydroxylation is 1. The number of carbonyl (C=O) groups excluding carboxylic acids is 1. The van der Waals surface area contributed by atoms with Crippen LogP contribution in [0, 0.1) is 10.5 Å². The van der Waals surface area contributed by atoms with Crippen LogP contribution in [0.15, 0.2) is 36.4 Å². The number of rotatable bonds is 2. The molecule has 1 aromatic heterocycles. The van der Waals surface area contributed by atoms with Crippen molar-refractivity contribution in [2.75, 3.05) is 5.32 Å². The second-order valence-corrected chi connectivity index (χ2v) is 5.02. The number of anilines is 1. The van der Waals surface area contributed by atoms with Gasteiger partial charge in [-0.3, -0.25) is 4.79 Å². The van der Waals surface area contributed by atoms with Crippen LogP contribution < -0.4 is 5.32 Å². The summed E-state index contributed by atoms with van der Waals surface area (Å²) in [6.07, 6.45) is 0. The molecule has 1 heterocycles. The molecule has 2 rings (SSSR count). The molecule has 0 saturated carbocycles. The average molecular weight is 340 g/mol. The summed E-state index contributed by atoms with van der Waals surface area (Å²) in [6, 6.07) is 11.5. The summed E-state index contributed by atoms with van der Waals surface area (Å²) in [5.74, 6) is -0.0790. The molecule has 1 N–H and O–H groups in total. The summed E-state index contributed by atoms with van der Waals surface area (Å²) >= 11 is 2.21. The van der Waals surface area contributed by atoms with Crippen LogP contribution in [-0.4, -0.2) is 10.5 Å². The number of carbonyl (C=O) groups is 1. The maximum absolute atomic E-state index is 12.1. The van der Waals surface area contributed by atoms with Gasteiger partial charge in [0.2, 0.25) is 0 Å². The van der Waals surface area contributed by atoms with Gasteiger partial charge in [0.15, 0.2) is 0 Å². The van der Waals surface area contributed by atoms with E-state index in [1.165, 1.54) is 0 Å². The third kappa shape index (κ3) is 2.52. The van der Waals surface area contributed by atoms with Gasteiger partial charge in [0.05, 0.1) is 5.69 Å². The van der Waals surface area contributed by atoms with E-state index in [1.54, 1.807) is 0 Å². The summed E-state index contributed by atoms with van der Waals surface area (Å²) in [5, 5.41) is 2.91. The maximum atomic E-state index is 12.1. The lowest BCUT2D eigenvalue weighted by Gasteiger charge is -2.08. The van der Waals surface area contributed by atoms with Crippen LogP contribution in [0.25, 0.3) is 0 Å². The molecule has 0 fully saturated rings. The van der Waals surface area contributed by atoms with Crippen molar-refractivity contribution in [3.8, 4) is 0 Å². The van der Waals surface area contributed by atoms with Gasteiger partial charge in [-0.1, -0.05) is 12.1 Å². The minimum absolute atomic E-state index is 0.0790. The van der Waals surface area contributed by atoms with Gasteiger partial charge in [0.25, 0.3) is 5.91 Å². The lowest BCUT2D eigenvalue weighted by atomic mass is 10.3. The predicted molar refractivity (Wildman–Crippen MR) is 77.3 cm³/mol. The maximum Gasteiger partial charge on any atom is 0.272 e. The van der Waals surface area contributed by atoms with Crippen LogP contribution in [0.4, 0.5) is 5.69 Å². The van der Waals surface area contributed by atoms with Gasteiger partial charge in [0.1, 0.15) is 5.69 Å². The lowest BCUT2D eigenvalue weighted by Crippen LogP contribution is -2.16. The highest BCUT2D eigenvalue weighted by molar-refractivity contribution is 14.1. The Morgan fingerprint density at radius 1 is 1.24 bits per heavy atom. The highest BCUT2D eigenvalue weighted by atomic mass is 127. The minimum Gasteiger partial charge on any atom is -0.344 e. The van der Waals surface area contributed by atoms with E-state index in [0.717, 1.165) is 15.0 Å². The molecule has 0 aliphatic heterocycles. The Morgan fingerprint density at radius 2 is 1.94 bits per heavy atom. The van der Waals surface area contributed by atoms with Crippen LogP contribution in [-0.2, 0) is 7.05 Å². The van der Waals surface area contributed by atoms with E-state index in [0.29, 0.717) is 5.69 Å². The number of nitrogens with zero attached hydrogens (tertiary/aromatic N) is 1. The minimum atomic E-state index is -0.0790. The molecule has 0 radical (unpaired) electrons. The highest BCUT2D eigenvalue weighted by Crippen LogP contribution is 2.18. The Hall–Kier alpha value is -1.30. The van der Waals surface area contributed by atoms with Crippen molar-refractivity contribution in [2.45, 2.75) is 6.92 Å². The summed E-state index contributed by atoms with van der Waals surface area (Å²) in [5.41, 5.74) is 2.58. The zero-order chi connectivity index (χ0) is 12.4. The van der Waals surface area contributed by atoms with E-state index in [9.17, 15) is 4.79 Å². The monoisotopic (exact) mass is 340 g/mol. The number of para-hydroxylation sites is 1. The Kier molecular flexibility index (Phi) is 3.51. The van der Waals surface area contributed by atoms with Crippen LogP contribution in [0.3, 0.4) is 0 Å². The number of aromatic nitrogens is 1. The SMILES string of the molecule is Cc1ccc(C(=O)Nc2ccccc2I)n1C. The summed E-state index contributed by atoms with van der Waals surface area (Å²) in [7, 11) is 1.89. The Labute approximate surface area is 114 Å². The fraction of sp³-hybridized carbons (Fsp3) is 0.154. The first-order valence-corrected chi connectivity index (χ1v) is 6.35. The Bertz CT molecular complexity index is 560. The van der Waals surface area contributed by atoms with Crippen molar-refractivity contribution in [2.24, 2.45) is 7.05 Å². The van der Waals surface area contributed by atoms with Crippen molar-refractivity contribution in [3.05, 3.63) is 51.4 Å². The molecule has 4 heteroatoms. The molecular formula is C13H13IN2O. The zero-order valence-corrected chi connectivity index (χ0v) is 11.9. The zero-order valence-electron chi connectivity index (χ0n) is 9.70. The van der Waals surface area contributed by atoms with Gasteiger partial charge in [-0.2, -0.15) is 0 Å². The van der Waals surface area contributed by atoms with E-state index >= 15 is 0 Å². The van der Waals surface area contributed by atoms with Gasteiger partial charge < -0.3 is 9.88 Å². The highest BCUT2D eigenvalue weighted by Gasteiger charge is 2.11. The number of hydrogen-bond donors (Lipinski definition) is 1. The fourth-order valence-corrected chi connectivity index (χ4v) is 2.11. The first-order valence-electron chi connectivity index (χ1n) is 5.28. The molecule has 0 spiro atoms. The Balaban J connectivity index is 2.23. The molecule has 3 nitrogen and oxygen atoms in total. The van der Waals surface area contributed by atoms with Gasteiger partial charge in [-0.25, -0.2) is 0 Å². The van der Waals surface area contributed by atoms with Gasteiger partial charge in [-0.15, -0.1) is 0 Å². The number of benzene rings is 1. The van der Waals surface area contributed by atoms with E-state index in [4.69, 9.17) is 0 Å². The number of halogens is 1. The third-order valence-corrected chi connectivity index (χ3v) is 3.67. The molecule has 0 unspecified atom stereocenters. The molecular weight excluding hydrogens is 327 g/mol. The quantitative estimate of drug-likeness (QED) is 0.837. The van der Waals surface area contributed by atoms with Crippen LogP contribution in [0.1, 0.15) is 16.2 Å². The number of nitrogens with one attached hydrogen (secondary N) is 1. The average Bonchev–Trinajstić information content (AvgIpc) is 2.63. The molecule has 0 saturated heterocycles. The Morgan fingerprint density at radius 3 is 2.53 bits per heavy atom. The normalized spacial score (nSPS) is 10.3. The van der Waals surface area contributed by atoms with Gasteiger partial charge >= 0.3 is 0 Å². The van der Waals surface area contributed by atoms with E-state index in [-0.39, 0.29) is 5.91 Å². The van der Waals surface area contributed by atoms with Crippen molar-refractivity contribution in [3.63, 3.8) is 0 Å². The molecule has 17 heavy (non-hydrogen) atoms. The van der Waals surface area contributed by atoms with Crippen LogP contribution >= 0.6 is 22.6 Å². The van der Waals surface area contributed by atoms with E-state index in [1.807, 2.05) is 54.9 Å². The first kappa shape index (κ1) is 12.2. The third-order valence-electron chi connectivity index (χ3n) is 2.73. The number of amides is 1. The van der Waals surface area contributed by atoms with Crippen molar-refractivity contribution < 1.29 is 4.79 Å². The second kappa shape index (κ2) is 4.91. The van der Waals surface area contributed by atoms with Crippen molar-refractivity contribution >= 4 is 34.2 Å². The molecule has 0 atom stereocenters. The largest absolute Gasteiger partial charge is 0.344 e. The molecule has 88 valence electrons. The van der Waals surface area contributed by atoms with Crippen LogP contribution in [0.2, 0.25) is 0 Å². The topological polar surface area (TPSA) is 34.0 Å². The lowest BCUT2D eigenvalue weighted by molar-refractivity contribution is 0.101. The standard InChI is InChI=1S/C13H13IN2O/c1-9-7-8-12(16(9)2)13(17)15-11-6-4-3-5-10(11)14/h3-8H,1-2H3,(H,15,17). The van der Waals surface area contributed by atoms with Crippen LogP contribution in [0.5, 0.6) is 0 Å². The number of hydrogen-bond acceptors (Lipinski definition) is 1. The van der Waals surface area contributed by atoms with Crippen molar-refractivity contribution in [1.29, 1.82) is 0 Å². The summed E-state index contributed by atoms with van der Waals surface area (Å²) in [6.45, 7) is 1.98. The summed E-state index contributed by atoms with van der Waals surface area (Å²) < 4.78 is 2.91. The summed E-state index contributed by atoms with van der Waals surface area (Å²) in [4.78, 5) is 12.1. The van der Waals surface area contributed by atoms with Gasteiger partial charge in [-0.05, 0) is 53.8 Å². The molecule has 1 aromatic carbocycles. The van der Waals surface area contributed by atoms with E-state index < -0.39 is 0 Å². The smallest absolute Gasteiger partial charge is 0.272 e. The second-order valence-electron chi connectivity index (χ2n) is 3.85. The van der Waals surface area contributed by atoms with Gasteiger partial charge in [0, 0.05) is 16.3 Å². The fourth-order valence-electron chi connectivity index (χ4n) is 1.59. The molecule has 0 bridgehead atoms.